The first kappa shape index (κ1) is 10.3. The first-order chi connectivity index (χ1) is 5.84. The lowest BCUT2D eigenvalue weighted by Gasteiger charge is -2.22. The number of hydrogen-bond donors (Lipinski definition) is 2. The number of nitrogens with zero attached hydrogens (tertiary/aromatic N) is 2. The van der Waals surface area contributed by atoms with Gasteiger partial charge in [-0.1, -0.05) is 0 Å². The van der Waals surface area contributed by atoms with Crippen molar-refractivity contribution in [3.63, 3.8) is 0 Å². The van der Waals surface area contributed by atoms with Gasteiger partial charge in [-0.3, -0.25) is 4.55 Å². The Morgan fingerprint density at radius 2 is 2.08 bits per heavy atom. The van der Waals surface area contributed by atoms with Gasteiger partial charge in [-0.2, -0.15) is 12.9 Å². The molecule has 0 fully saturated rings. The SMILES string of the molecule is CC1=C(C)N(Cl)NN=C1S(=O)(=O)O. The summed E-state index contributed by atoms with van der Waals surface area (Å²) >= 11 is 5.56. The number of hydrazine groups is 1. The van der Waals surface area contributed by atoms with E-state index in [0.717, 1.165) is 4.53 Å². The molecule has 1 rings (SSSR count). The van der Waals surface area contributed by atoms with Gasteiger partial charge in [0, 0.05) is 17.3 Å². The zero-order valence-corrected chi connectivity index (χ0v) is 8.52. The lowest BCUT2D eigenvalue weighted by Crippen LogP contribution is -2.33. The van der Waals surface area contributed by atoms with E-state index >= 15 is 0 Å². The summed E-state index contributed by atoms with van der Waals surface area (Å²) in [6, 6.07) is 0. The van der Waals surface area contributed by atoms with E-state index in [1.165, 1.54) is 6.92 Å². The number of rotatable bonds is 0. The number of hydrogen-bond acceptors (Lipinski definition) is 5. The van der Waals surface area contributed by atoms with E-state index in [-0.39, 0.29) is 0 Å². The Hall–Kier alpha value is -0.790. The largest absolute Gasteiger partial charge is 0.314 e. The van der Waals surface area contributed by atoms with Crippen molar-refractivity contribution in [3.8, 4) is 0 Å². The van der Waals surface area contributed by atoms with Crippen LogP contribution < -0.4 is 5.53 Å². The molecule has 1 aliphatic rings. The Labute approximate surface area is 80.7 Å². The van der Waals surface area contributed by atoms with Crippen LogP contribution in [0, 0.1) is 0 Å². The second-order valence-electron chi connectivity index (χ2n) is 2.48. The van der Waals surface area contributed by atoms with Crippen molar-refractivity contribution in [2.24, 2.45) is 5.10 Å². The average Bonchev–Trinajstić information content (AvgIpc) is 1.98. The summed E-state index contributed by atoms with van der Waals surface area (Å²) in [5, 5.41) is 2.96. The maximum absolute atomic E-state index is 10.7. The molecule has 2 N–H and O–H groups in total. The van der Waals surface area contributed by atoms with Crippen LogP contribution in [0.5, 0.6) is 0 Å². The van der Waals surface area contributed by atoms with E-state index < -0.39 is 15.2 Å². The number of hydrazone groups is 1. The molecule has 13 heavy (non-hydrogen) atoms. The van der Waals surface area contributed by atoms with Gasteiger partial charge >= 0.3 is 10.1 Å². The molecule has 0 atom stereocenters. The zero-order valence-electron chi connectivity index (χ0n) is 6.94. The van der Waals surface area contributed by atoms with Crippen LogP contribution >= 0.6 is 11.8 Å². The molecule has 0 spiro atoms. The van der Waals surface area contributed by atoms with Crippen LogP contribution in [0.25, 0.3) is 0 Å². The fourth-order valence-electron chi connectivity index (χ4n) is 0.801. The van der Waals surface area contributed by atoms with Crippen LogP contribution in [-0.2, 0) is 10.1 Å². The zero-order chi connectivity index (χ0) is 10.2. The fourth-order valence-corrected chi connectivity index (χ4v) is 1.66. The van der Waals surface area contributed by atoms with Crippen LogP contribution in [0.2, 0.25) is 0 Å². The van der Waals surface area contributed by atoms with Gasteiger partial charge < -0.3 is 0 Å². The molecular formula is C5H8ClN3O3S. The molecule has 0 amide bonds. The van der Waals surface area contributed by atoms with Gasteiger partial charge in [0.25, 0.3) is 0 Å². The highest BCUT2D eigenvalue weighted by Crippen LogP contribution is 2.17. The summed E-state index contributed by atoms with van der Waals surface area (Å²) in [5.41, 5.74) is 2.97. The molecule has 0 aromatic rings. The van der Waals surface area contributed by atoms with Gasteiger partial charge in [0.15, 0.2) is 0 Å². The second-order valence-corrected chi connectivity index (χ2v) is 4.16. The number of nitrogens with one attached hydrogen (secondary N) is 1. The van der Waals surface area contributed by atoms with Gasteiger partial charge in [-0.15, -0.1) is 5.10 Å². The third kappa shape index (κ3) is 1.93. The lowest BCUT2D eigenvalue weighted by molar-refractivity contribution is 0.411. The predicted molar refractivity (Wildman–Crippen MR) is 48.2 cm³/mol. The molecule has 6 nitrogen and oxygen atoms in total. The maximum atomic E-state index is 10.7. The smallest absolute Gasteiger partial charge is 0.281 e. The molecule has 1 aliphatic heterocycles. The lowest BCUT2D eigenvalue weighted by atomic mass is 10.2. The van der Waals surface area contributed by atoms with Gasteiger partial charge in [-0.05, 0) is 13.8 Å². The Kier molecular flexibility index (Phi) is 2.51. The molecule has 0 aliphatic carbocycles. The quantitative estimate of drug-likeness (QED) is 0.462. The topological polar surface area (TPSA) is 82.0 Å². The molecule has 0 aromatic carbocycles. The van der Waals surface area contributed by atoms with Crippen molar-refractivity contribution >= 4 is 26.9 Å². The normalized spacial score (nSPS) is 18.5. The third-order valence-electron chi connectivity index (χ3n) is 1.64. The molecule has 74 valence electrons. The summed E-state index contributed by atoms with van der Waals surface area (Å²) in [7, 11) is -4.29. The Bertz CT molecular complexity index is 386. The van der Waals surface area contributed by atoms with Crippen LogP contribution in [0.1, 0.15) is 13.8 Å². The van der Waals surface area contributed by atoms with E-state index in [1.807, 2.05) is 0 Å². The summed E-state index contributed by atoms with van der Waals surface area (Å²) in [5.74, 6) is 0. The van der Waals surface area contributed by atoms with E-state index in [2.05, 4.69) is 10.6 Å². The Balaban J connectivity index is 3.20. The van der Waals surface area contributed by atoms with E-state index in [9.17, 15) is 8.42 Å². The van der Waals surface area contributed by atoms with Crippen LogP contribution in [0.4, 0.5) is 0 Å². The van der Waals surface area contributed by atoms with Crippen LogP contribution in [0.15, 0.2) is 16.4 Å². The van der Waals surface area contributed by atoms with Crippen molar-refractivity contribution in [1.82, 2.24) is 10.1 Å². The van der Waals surface area contributed by atoms with Gasteiger partial charge in [-0.25, -0.2) is 5.53 Å². The molecule has 0 aromatic heterocycles. The van der Waals surface area contributed by atoms with Gasteiger partial charge in [0.2, 0.25) is 5.04 Å². The molecule has 8 heteroatoms. The van der Waals surface area contributed by atoms with Crippen molar-refractivity contribution < 1.29 is 13.0 Å². The van der Waals surface area contributed by atoms with E-state index in [1.54, 1.807) is 6.92 Å². The summed E-state index contributed by atoms with van der Waals surface area (Å²) < 4.78 is 31.2. The monoisotopic (exact) mass is 225 g/mol. The first-order valence-corrected chi connectivity index (χ1v) is 5.06. The Morgan fingerprint density at radius 3 is 2.54 bits per heavy atom. The van der Waals surface area contributed by atoms with Crippen molar-refractivity contribution in [2.75, 3.05) is 0 Å². The number of allylic oxidation sites excluding steroid dienone is 1. The second kappa shape index (κ2) is 3.17. The molecule has 1 heterocycles. The Morgan fingerprint density at radius 1 is 1.54 bits per heavy atom. The van der Waals surface area contributed by atoms with Gasteiger partial charge in [0.05, 0.1) is 5.70 Å². The average molecular weight is 226 g/mol. The fraction of sp³-hybridized carbons (Fsp3) is 0.400. The highest BCUT2D eigenvalue weighted by molar-refractivity contribution is 8.02. The molecule has 0 saturated carbocycles. The molecule has 0 radical (unpaired) electrons. The first-order valence-electron chi connectivity index (χ1n) is 3.28. The third-order valence-corrected chi connectivity index (χ3v) is 2.86. The standard InChI is InChI=1S/C5H8ClN3O3S/c1-3-4(2)9(6)8-7-5(3)13(10,11)12/h8H,1-2H3,(H,10,11,12). The van der Waals surface area contributed by atoms with Crippen molar-refractivity contribution in [3.05, 3.63) is 11.3 Å². The number of halogens is 1. The predicted octanol–water partition coefficient (Wildman–Crippen LogP) is 0.456. The summed E-state index contributed by atoms with van der Waals surface area (Å²) in [6.45, 7) is 3.09. The highest BCUT2D eigenvalue weighted by atomic mass is 35.5. The maximum Gasteiger partial charge on any atom is 0.314 e. The van der Waals surface area contributed by atoms with E-state index in [4.69, 9.17) is 16.3 Å². The van der Waals surface area contributed by atoms with E-state index in [0.29, 0.717) is 11.3 Å². The van der Waals surface area contributed by atoms with Crippen molar-refractivity contribution in [2.45, 2.75) is 13.8 Å². The minimum Gasteiger partial charge on any atom is -0.281 e. The van der Waals surface area contributed by atoms with Crippen molar-refractivity contribution in [1.29, 1.82) is 0 Å². The highest BCUT2D eigenvalue weighted by Gasteiger charge is 2.25. The summed E-state index contributed by atoms with van der Waals surface area (Å²) in [4.78, 5) is 0. The minimum atomic E-state index is -4.29. The molecule has 0 saturated heterocycles. The molecular weight excluding hydrogens is 218 g/mol. The minimum absolute atomic E-state index is 0.302. The summed E-state index contributed by atoms with van der Waals surface area (Å²) in [6.07, 6.45) is 0. The molecule has 0 bridgehead atoms. The molecule has 0 unspecified atom stereocenters. The van der Waals surface area contributed by atoms with Gasteiger partial charge in [0.1, 0.15) is 0 Å². The van der Waals surface area contributed by atoms with Crippen LogP contribution in [-0.4, -0.2) is 22.5 Å². The van der Waals surface area contributed by atoms with Crippen LogP contribution in [0.3, 0.4) is 0 Å².